The Kier molecular flexibility index (Phi) is 8.62. The number of benzene rings is 2. The molecule has 2 nitrogen and oxygen atoms in total. The summed E-state index contributed by atoms with van der Waals surface area (Å²) in [4.78, 5) is 12.9. The Labute approximate surface area is 172 Å². The minimum atomic E-state index is 0. The molecular weight excluding hydrogens is 334 g/mol. The molecule has 0 heterocycles. The third kappa shape index (κ3) is 5.99. The zero-order valence-electron chi connectivity index (χ0n) is 16.2. The summed E-state index contributed by atoms with van der Waals surface area (Å²) < 4.78 is 5.60. The van der Waals surface area contributed by atoms with Crippen LogP contribution in [0.3, 0.4) is 0 Å². The van der Waals surface area contributed by atoms with Crippen molar-refractivity contribution < 1.29 is 9.53 Å². The number of rotatable bonds is 6. The van der Waals surface area contributed by atoms with Gasteiger partial charge in [-0.05, 0) is 68.4 Å². The zero-order chi connectivity index (χ0) is 18.6. The number of hydrogen-bond donors (Lipinski definition) is 0. The summed E-state index contributed by atoms with van der Waals surface area (Å²) in [5.74, 6) is 0.866. The van der Waals surface area contributed by atoms with Crippen LogP contribution in [-0.4, -0.2) is 31.0 Å². The van der Waals surface area contributed by atoms with E-state index in [1.54, 1.807) is 0 Å². The first kappa shape index (κ1) is 23.0. The first-order valence-corrected chi connectivity index (χ1v) is 9.88. The Hall–Kier alpha value is -1.06. The standard InChI is InChI=1S/C22H29O2P.Li.H/c1-7-12-24-18-8-10-19(11-9-18)25-21(23)20-15(2)13-17(14-16(20)3)22(4,5)6;;/h8-11,13-14,25H,7,12H2,1-6H3;;. The van der Waals surface area contributed by atoms with Crippen molar-refractivity contribution in [2.24, 2.45) is 0 Å². The second kappa shape index (κ2) is 9.75. The van der Waals surface area contributed by atoms with E-state index in [1.807, 2.05) is 38.1 Å². The fourth-order valence-electron chi connectivity index (χ4n) is 2.80. The molecule has 0 radical (unpaired) electrons. The van der Waals surface area contributed by atoms with Gasteiger partial charge in [-0.25, -0.2) is 0 Å². The monoisotopic (exact) mass is 364 g/mol. The molecule has 0 spiro atoms. The Balaban J connectivity index is 0.00000338. The van der Waals surface area contributed by atoms with Gasteiger partial charge in [0.1, 0.15) is 5.75 Å². The van der Waals surface area contributed by atoms with E-state index in [0.29, 0.717) is 0 Å². The van der Waals surface area contributed by atoms with Gasteiger partial charge in [0.05, 0.1) is 6.61 Å². The van der Waals surface area contributed by atoms with Crippen LogP contribution in [0.4, 0.5) is 0 Å². The van der Waals surface area contributed by atoms with Crippen molar-refractivity contribution >= 4 is 38.3 Å². The summed E-state index contributed by atoms with van der Waals surface area (Å²) in [5, 5.41) is 1.05. The second-order valence-corrected chi connectivity index (χ2v) is 8.84. The van der Waals surface area contributed by atoms with E-state index in [9.17, 15) is 4.79 Å². The summed E-state index contributed by atoms with van der Waals surface area (Å²) >= 11 is 0. The fourth-order valence-corrected chi connectivity index (χ4v) is 3.92. The third-order valence-electron chi connectivity index (χ3n) is 4.21. The molecule has 4 heteroatoms. The van der Waals surface area contributed by atoms with Crippen LogP contribution in [0.15, 0.2) is 36.4 Å². The summed E-state index contributed by atoms with van der Waals surface area (Å²) in [6.07, 6.45) is 0.991. The van der Waals surface area contributed by atoms with Gasteiger partial charge in [0.25, 0.3) is 0 Å². The molecule has 2 aromatic carbocycles. The molecular formula is C22H30LiO2P. The van der Waals surface area contributed by atoms with Crippen LogP contribution >= 0.6 is 8.58 Å². The molecule has 2 rings (SSSR count). The number of aryl methyl sites for hydroxylation is 2. The Morgan fingerprint density at radius 1 is 1.04 bits per heavy atom. The summed E-state index contributed by atoms with van der Waals surface area (Å²) in [6.45, 7) is 13.5. The Bertz CT molecular complexity index is 723. The van der Waals surface area contributed by atoms with Crippen LogP contribution in [0.5, 0.6) is 5.75 Å². The molecule has 0 aromatic heterocycles. The van der Waals surface area contributed by atoms with Crippen LogP contribution in [0.1, 0.15) is 61.2 Å². The molecule has 0 N–H and O–H groups in total. The summed E-state index contributed by atoms with van der Waals surface area (Å²) in [6, 6.07) is 12.2. The summed E-state index contributed by atoms with van der Waals surface area (Å²) in [5.41, 5.74) is 4.60. The number of carbonyl (C=O) groups is 1. The molecule has 0 aliphatic heterocycles. The van der Waals surface area contributed by atoms with E-state index in [0.717, 1.165) is 40.8 Å². The quantitative estimate of drug-likeness (QED) is 0.539. The van der Waals surface area contributed by atoms with Crippen molar-refractivity contribution in [3.05, 3.63) is 58.7 Å². The van der Waals surface area contributed by atoms with E-state index < -0.39 is 0 Å². The molecule has 0 aliphatic carbocycles. The number of hydrogen-bond acceptors (Lipinski definition) is 2. The van der Waals surface area contributed by atoms with Gasteiger partial charge in [-0.2, -0.15) is 0 Å². The minimum absolute atomic E-state index is 0. The van der Waals surface area contributed by atoms with Gasteiger partial charge in [-0.1, -0.05) is 52.0 Å². The molecule has 0 amide bonds. The molecule has 0 saturated heterocycles. The van der Waals surface area contributed by atoms with Crippen LogP contribution in [-0.2, 0) is 5.41 Å². The molecule has 136 valence electrons. The van der Waals surface area contributed by atoms with Crippen molar-refractivity contribution in [3.63, 3.8) is 0 Å². The first-order chi connectivity index (χ1) is 11.7. The molecule has 1 atom stereocenters. The molecule has 0 aliphatic rings. The van der Waals surface area contributed by atoms with Gasteiger partial charge in [-0.3, -0.25) is 4.79 Å². The van der Waals surface area contributed by atoms with Crippen LogP contribution in [0.25, 0.3) is 0 Å². The maximum atomic E-state index is 12.9. The second-order valence-electron chi connectivity index (χ2n) is 7.56. The molecule has 1 unspecified atom stereocenters. The molecule has 0 fully saturated rings. The van der Waals surface area contributed by atoms with Gasteiger partial charge in [0.15, 0.2) is 5.52 Å². The van der Waals surface area contributed by atoms with E-state index in [-0.39, 0.29) is 38.4 Å². The summed E-state index contributed by atoms with van der Waals surface area (Å²) in [7, 11) is 0.136. The van der Waals surface area contributed by atoms with Gasteiger partial charge in [-0.15, -0.1) is 0 Å². The van der Waals surface area contributed by atoms with Gasteiger partial charge in [0, 0.05) is 5.56 Å². The zero-order valence-corrected chi connectivity index (χ0v) is 17.2. The van der Waals surface area contributed by atoms with Gasteiger partial charge in [0.2, 0.25) is 0 Å². The van der Waals surface area contributed by atoms with Crippen molar-refractivity contribution in [2.45, 2.75) is 53.4 Å². The predicted molar refractivity (Wildman–Crippen MR) is 116 cm³/mol. The molecule has 26 heavy (non-hydrogen) atoms. The van der Waals surface area contributed by atoms with Crippen molar-refractivity contribution in [2.75, 3.05) is 6.61 Å². The topological polar surface area (TPSA) is 26.3 Å². The predicted octanol–water partition coefficient (Wildman–Crippen LogP) is 4.89. The van der Waals surface area contributed by atoms with E-state index >= 15 is 0 Å². The van der Waals surface area contributed by atoms with Gasteiger partial charge < -0.3 is 4.74 Å². The van der Waals surface area contributed by atoms with E-state index in [1.165, 1.54) is 5.56 Å². The third-order valence-corrected chi connectivity index (χ3v) is 5.31. The Morgan fingerprint density at radius 2 is 1.58 bits per heavy atom. The first-order valence-electron chi connectivity index (χ1n) is 8.88. The van der Waals surface area contributed by atoms with Crippen molar-refractivity contribution in [1.82, 2.24) is 0 Å². The van der Waals surface area contributed by atoms with Crippen LogP contribution in [0, 0.1) is 13.8 Å². The molecule has 2 aromatic rings. The number of carbonyl (C=O) groups excluding carboxylic acids is 1. The van der Waals surface area contributed by atoms with Crippen molar-refractivity contribution in [1.29, 1.82) is 0 Å². The number of ether oxygens (including phenoxy) is 1. The molecule has 0 bridgehead atoms. The SMILES string of the molecule is CCCOc1ccc(PC(=O)c2c(C)cc(C(C)(C)C)cc2C)cc1.[LiH]. The van der Waals surface area contributed by atoms with E-state index in [4.69, 9.17) is 4.74 Å². The molecule has 0 saturated carbocycles. The van der Waals surface area contributed by atoms with Crippen molar-refractivity contribution in [3.8, 4) is 5.75 Å². The maximum absolute atomic E-state index is 12.9. The normalized spacial score (nSPS) is 11.5. The van der Waals surface area contributed by atoms with Crippen LogP contribution in [0.2, 0.25) is 0 Å². The average Bonchev–Trinajstić information content (AvgIpc) is 2.52. The Morgan fingerprint density at radius 3 is 2.04 bits per heavy atom. The van der Waals surface area contributed by atoms with E-state index in [2.05, 4.69) is 39.8 Å². The van der Waals surface area contributed by atoms with Crippen LogP contribution < -0.4 is 10.0 Å². The average molecular weight is 364 g/mol. The fraction of sp³-hybridized carbons (Fsp3) is 0.409. The van der Waals surface area contributed by atoms with Gasteiger partial charge >= 0.3 is 18.9 Å².